The van der Waals surface area contributed by atoms with Crippen molar-refractivity contribution in [3.05, 3.63) is 0 Å². The Bertz CT molecular complexity index is 202. The highest BCUT2D eigenvalue weighted by Crippen LogP contribution is 2.18. The minimum atomic E-state index is 0.444. The summed E-state index contributed by atoms with van der Waals surface area (Å²) in [4.78, 5) is 0. The third-order valence-corrected chi connectivity index (χ3v) is 5.43. The van der Waals surface area contributed by atoms with Crippen molar-refractivity contribution in [3.8, 4) is 0 Å². The third-order valence-electron chi connectivity index (χ3n) is 4.99. The molecule has 0 aliphatic rings. The van der Waals surface area contributed by atoms with E-state index in [1.54, 1.807) is 0 Å². The first-order valence-electron chi connectivity index (χ1n) is 10.9. The van der Waals surface area contributed by atoms with Gasteiger partial charge in [0, 0.05) is 5.38 Å². The summed E-state index contributed by atoms with van der Waals surface area (Å²) in [5.74, 6) is 0. The predicted molar refractivity (Wildman–Crippen MR) is 109 cm³/mol. The topological polar surface area (TPSA) is 0 Å². The van der Waals surface area contributed by atoms with Gasteiger partial charge in [0.1, 0.15) is 0 Å². The van der Waals surface area contributed by atoms with Crippen LogP contribution in [0.15, 0.2) is 0 Å². The molecule has 0 aromatic carbocycles. The molecule has 1 atom stereocenters. The van der Waals surface area contributed by atoms with Crippen molar-refractivity contribution in [3.63, 3.8) is 0 Å². The Kier molecular flexibility index (Phi) is 20.6. The summed E-state index contributed by atoms with van der Waals surface area (Å²) in [5.41, 5.74) is 0. The second kappa shape index (κ2) is 20.3. The minimum Gasteiger partial charge on any atom is -0.123 e. The van der Waals surface area contributed by atoms with E-state index in [2.05, 4.69) is 13.8 Å². The number of unbranched alkanes of at least 4 members (excludes halogenated alkanes) is 15. The molecule has 0 saturated carbocycles. The monoisotopic (exact) mass is 344 g/mol. The SMILES string of the molecule is CCCCCCCCCCCC(Cl)CCCCCCCCCC. The van der Waals surface area contributed by atoms with Crippen LogP contribution in [-0.2, 0) is 0 Å². The van der Waals surface area contributed by atoms with Crippen LogP contribution in [0.25, 0.3) is 0 Å². The van der Waals surface area contributed by atoms with Crippen molar-refractivity contribution in [2.75, 3.05) is 0 Å². The van der Waals surface area contributed by atoms with Crippen molar-refractivity contribution < 1.29 is 0 Å². The lowest BCUT2D eigenvalue weighted by Crippen LogP contribution is -1.98. The van der Waals surface area contributed by atoms with Crippen LogP contribution >= 0.6 is 11.6 Å². The predicted octanol–water partition coefficient (Wildman–Crippen LogP) is 9.05. The summed E-state index contributed by atoms with van der Waals surface area (Å²) >= 11 is 6.46. The van der Waals surface area contributed by atoms with Gasteiger partial charge in [-0.1, -0.05) is 123 Å². The maximum atomic E-state index is 6.46. The van der Waals surface area contributed by atoms with Crippen molar-refractivity contribution in [1.82, 2.24) is 0 Å². The summed E-state index contributed by atoms with van der Waals surface area (Å²) < 4.78 is 0. The van der Waals surface area contributed by atoms with Gasteiger partial charge < -0.3 is 0 Å². The molecule has 0 amide bonds. The molecule has 0 radical (unpaired) electrons. The van der Waals surface area contributed by atoms with Crippen LogP contribution in [0.2, 0.25) is 0 Å². The maximum Gasteiger partial charge on any atom is 0.0336 e. The molecule has 23 heavy (non-hydrogen) atoms. The van der Waals surface area contributed by atoms with Gasteiger partial charge in [-0.3, -0.25) is 0 Å². The molecule has 0 N–H and O–H groups in total. The van der Waals surface area contributed by atoms with E-state index in [0.717, 1.165) is 0 Å². The zero-order chi connectivity index (χ0) is 17.0. The zero-order valence-electron chi connectivity index (χ0n) is 16.4. The van der Waals surface area contributed by atoms with E-state index in [9.17, 15) is 0 Å². The van der Waals surface area contributed by atoms with Gasteiger partial charge in [-0.05, 0) is 12.8 Å². The largest absolute Gasteiger partial charge is 0.123 e. The van der Waals surface area contributed by atoms with Gasteiger partial charge in [-0.2, -0.15) is 0 Å². The van der Waals surface area contributed by atoms with Crippen LogP contribution in [0.1, 0.15) is 136 Å². The van der Waals surface area contributed by atoms with E-state index in [1.807, 2.05) is 0 Å². The molecule has 0 heterocycles. The Hall–Kier alpha value is 0.290. The Morgan fingerprint density at radius 3 is 1.00 bits per heavy atom. The van der Waals surface area contributed by atoms with Crippen molar-refractivity contribution in [2.24, 2.45) is 0 Å². The van der Waals surface area contributed by atoms with Gasteiger partial charge in [-0.15, -0.1) is 11.6 Å². The Morgan fingerprint density at radius 1 is 0.435 bits per heavy atom. The molecule has 1 unspecified atom stereocenters. The van der Waals surface area contributed by atoms with Crippen LogP contribution in [0.5, 0.6) is 0 Å². The molecule has 1 heteroatoms. The molecule has 0 spiro atoms. The average Bonchev–Trinajstić information content (AvgIpc) is 2.56. The molecule has 0 saturated heterocycles. The lowest BCUT2D eigenvalue weighted by Gasteiger charge is -2.09. The highest BCUT2D eigenvalue weighted by Gasteiger charge is 2.04. The number of alkyl halides is 1. The highest BCUT2D eigenvalue weighted by molar-refractivity contribution is 6.20. The summed E-state index contributed by atoms with van der Waals surface area (Å²) in [6.45, 7) is 4.57. The molecular weight excluding hydrogens is 300 g/mol. The van der Waals surface area contributed by atoms with E-state index < -0.39 is 0 Å². The fourth-order valence-electron chi connectivity index (χ4n) is 3.32. The number of halogens is 1. The van der Waals surface area contributed by atoms with E-state index >= 15 is 0 Å². The van der Waals surface area contributed by atoms with Gasteiger partial charge in [0.05, 0.1) is 0 Å². The molecule has 0 nitrogen and oxygen atoms in total. The van der Waals surface area contributed by atoms with Gasteiger partial charge in [0.25, 0.3) is 0 Å². The average molecular weight is 345 g/mol. The summed E-state index contributed by atoms with van der Waals surface area (Å²) in [7, 11) is 0. The van der Waals surface area contributed by atoms with Crippen molar-refractivity contribution >= 4 is 11.6 Å². The summed E-state index contributed by atoms with van der Waals surface area (Å²) in [6, 6.07) is 0. The van der Waals surface area contributed by atoms with Crippen LogP contribution in [0.3, 0.4) is 0 Å². The molecule has 0 bridgehead atoms. The first kappa shape index (κ1) is 23.3. The molecule has 0 rings (SSSR count). The molecule has 0 aliphatic heterocycles. The smallest absolute Gasteiger partial charge is 0.0336 e. The maximum absolute atomic E-state index is 6.46. The van der Waals surface area contributed by atoms with Gasteiger partial charge in [0.15, 0.2) is 0 Å². The highest BCUT2D eigenvalue weighted by atomic mass is 35.5. The molecule has 0 aromatic heterocycles. The quantitative estimate of drug-likeness (QED) is 0.162. The fourth-order valence-corrected chi connectivity index (χ4v) is 3.63. The van der Waals surface area contributed by atoms with Crippen LogP contribution in [0.4, 0.5) is 0 Å². The standard InChI is InChI=1S/C22H45Cl/c1-3-5-7-9-11-13-15-17-19-21-22(23)20-18-16-14-12-10-8-6-4-2/h22H,3-21H2,1-2H3. The first-order valence-corrected chi connectivity index (χ1v) is 11.4. The van der Waals surface area contributed by atoms with Crippen molar-refractivity contribution in [1.29, 1.82) is 0 Å². The Balaban J connectivity index is 3.11. The number of hydrogen-bond acceptors (Lipinski definition) is 0. The number of rotatable bonds is 19. The first-order chi connectivity index (χ1) is 11.3. The summed E-state index contributed by atoms with van der Waals surface area (Å²) in [6.07, 6.45) is 26.5. The molecule has 0 aliphatic carbocycles. The second-order valence-corrected chi connectivity index (χ2v) is 8.10. The molecule has 140 valence electrons. The zero-order valence-corrected chi connectivity index (χ0v) is 17.1. The third kappa shape index (κ3) is 20.2. The van der Waals surface area contributed by atoms with Crippen LogP contribution < -0.4 is 0 Å². The van der Waals surface area contributed by atoms with Gasteiger partial charge in [-0.25, -0.2) is 0 Å². The fraction of sp³-hybridized carbons (Fsp3) is 1.00. The Labute approximate surface area is 153 Å². The lowest BCUT2D eigenvalue weighted by atomic mass is 10.0. The number of hydrogen-bond donors (Lipinski definition) is 0. The molecule has 0 fully saturated rings. The van der Waals surface area contributed by atoms with Gasteiger partial charge >= 0.3 is 0 Å². The lowest BCUT2D eigenvalue weighted by molar-refractivity contribution is 0.526. The molecular formula is C22H45Cl. The van der Waals surface area contributed by atoms with Crippen LogP contribution in [-0.4, -0.2) is 5.38 Å². The normalized spacial score (nSPS) is 12.7. The van der Waals surface area contributed by atoms with E-state index in [4.69, 9.17) is 11.6 Å². The van der Waals surface area contributed by atoms with E-state index in [-0.39, 0.29) is 0 Å². The van der Waals surface area contributed by atoms with E-state index in [1.165, 1.54) is 122 Å². The van der Waals surface area contributed by atoms with Gasteiger partial charge in [0.2, 0.25) is 0 Å². The van der Waals surface area contributed by atoms with E-state index in [0.29, 0.717) is 5.38 Å². The molecule has 0 aromatic rings. The second-order valence-electron chi connectivity index (χ2n) is 7.48. The van der Waals surface area contributed by atoms with Crippen molar-refractivity contribution in [2.45, 2.75) is 141 Å². The Morgan fingerprint density at radius 2 is 0.696 bits per heavy atom. The minimum absolute atomic E-state index is 0.444. The van der Waals surface area contributed by atoms with Crippen LogP contribution in [0, 0.1) is 0 Å². The summed E-state index contributed by atoms with van der Waals surface area (Å²) in [5, 5.41) is 0.444.